The lowest BCUT2D eigenvalue weighted by molar-refractivity contribution is -0.138. The van der Waals surface area contributed by atoms with Gasteiger partial charge in [-0.1, -0.05) is 6.07 Å². The van der Waals surface area contributed by atoms with Gasteiger partial charge < -0.3 is 29.6 Å². The average molecular weight is 417 g/mol. The third-order valence-corrected chi connectivity index (χ3v) is 3.45. The second-order valence-electron chi connectivity index (χ2n) is 5.24. The van der Waals surface area contributed by atoms with Gasteiger partial charge in [0.05, 0.1) is 57.5 Å². The van der Waals surface area contributed by atoms with Crippen LogP contribution in [0.5, 0.6) is 0 Å². The van der Waals surface area contributed by atoms with E-state index >= 15 is 0 Å². The molecule has 2 N–H and O–H groups in total. The minimum absolute atomic E-state index is 0.0446. The number of rotatable bonds is 8. The zero-order valence-electron chi connectivity index (χ0n) is 16.6. The van der Waals surface area contributed by atoms with Gasteiger partial charge in [-0.25, -0.2) is 19.2 Å². The van der Waals surface area contributed by atoms with Crippen LogP contribution in [-0.2, 0) is 38.1 Å². The lowest BCUT2D eigenvalue weighted by Crippen LogP contribution is -2.18. The number of nitrogens with one attached hydrogen (secondary N) is 2. The van der Waals surface area contributed by atoms with E-state index in [1.807, 2.05) is 6.07 Å². The number of nitriles is 1. The number of esters is 4. The van der Waals surface area contributed by atoms with Gasteiger partial charge in [0.25, 0.3) is 0 Å². The number of anilines is 2. The minimum atomic E-state index is -0.886. The van der Waals surface area contributed by atoms with Crippen LogP contribution in [0.4, 0.5) is 11.4 Å². The van der Waals surface area contributed by atoms with E-state index < -0.39 is 23.9 Å². The molecule has 0 atom stereocenters. The van der Waals surface area contributed by atoms with Gasteiger partial charge in [0.15, 0.2) is 0 Å². The fourth-order valence-electron chi connectivity index (χ4n) is 2.04. The Bertz CT molecular complexity index is 877. The first-order valence-electron chi connectivity index (χ1n) is 8.14. The molecular weight excluding hydrogens is 398 g/mol. The molecular formula is C19H19N3O8. The van der Waals surface area contributed by atoms with Crippen LogP contribution in [0.3, 0.4) is 0 Å². The minimum Gasteiger partial charge on any atom is -0.466 e. The highest BCUT2D eigenvalue weighted by Gasteiger charge is 2.19. The van der Waals surface area contributed by atoms with Gasteiger partial charge in [-0.3, -0.25) is 0 Å². The molecule has 0 saturated carbocycles. The van der Waals surface area contributed by atoms with E-state index in [0.717, 1.165) is 40.6 Å². The van der Waals surface area contributed by atoms with Crippen LogP contribution in [0.2, 0.25) is 0 Å². The standard InChI is InChI=1S/C19H19N3O8/c1-27-16(23)8-14(18(25)29-3)21-12-6-5-7-13(11(12)10-20)22-15(19(26)30-4)9-17(24)28-2/h5-9,21-22H,1-4H3. The molecule has 0 bridgehead atoms. The second kappa shape index (κ2) is 11.5. The summed E-state index contributed by atoms with van der Waals surface area (Å²) in [6.07, 6.45) is 1.70. The molecule has 0 aliphatic heterocycles. The van der Waals surface area contributed by atoms with Crippen LogP contribution in [-0.4, -0.2) is 52.3 Å². The number of carbonyl (C=O) groups is 4. The van der Waals surface area contributed by atoms with Crippen LogP contribution >= 0.6 is 0 Å². The third-order valence-electron chi connectivity index (χ3n) is 3.45. The zero-order valence-corrected chi connectivity index (χ0v) is 16.6. The van der Waals surface area contributed by atoms with Gasteiger partial charge in [-0.2, -0.15) is 5.26 Å². The molecule has 1 aromatic carbocycles. The largest absolute Gasteiger partial charge is 0.466 e. The van der Waals surface area contributed by atoms with Crippen LogP contribution in [0, 0.1) is 11.3 Å². The Morgan fingerprint density at radius 1 is 0.800 bits per heavy atom. The van der Waals surface area contributed by atoms with Crippen LogP contribution in [0.25, 0.3) is 0 Å². The number of carbonyl (C=O) groups excluding carboxylic acids is 4. The first kappa shape index (κ1) is 23.7. The molecule has 30 heavy (non-hydrogen) atoms. The summed E-state index contributed by atoms with van der Waals surface area (Å²) in [5.74, 6) is -3.43. The summed E-state index contributed by atoms with van der Waals surface area (Å²) in [5.41, 5.74) is -0.430. The van der Waals surface area contributed by atoms with Gasteiger partial charge >= 0.3 is 23.9 Å². The Hall–Kier alpha value is -4.33. The van der Waals surface area contributed by atoms with Crippen molar-refractivity contribution in [2.75, 3.05) is 39.1 Å². The molecule has 0 aliphatic rings. The molecule has 1 aromatic rings. The molecule has 0 fully saturated rings. The number of ether oxygens (including phenoxy) is 4. The number of hydrogen-bond acceptors (Lipinski definition) is 11. The second-order valence-corrected chi connectivity index (χ2v) is 5.24. The fraction of sp³-hybridized carbons (Fsp3) is 0.211. The SMILES string of the molecule is COC(=O)C=C(Nc1cccc(NC(=CC(=O)OC)C(=O)OC)c1C#N)C(=O)OC. The Labute approximate surface area is 171 Å². The van der Waals surface area contributed by atoms with Crippen molar-refractivity contribution in [1.82, 2.24) is 0 Å². The van der Waals surface area contributed by atoms with Crippen molar-refractivity contribution in [3.63, 3.8) is 0 Å². The van der Waals surface area contributed by atoms with Gasteiger partial charge in [0, 0.05) is 0 Å². The van der Waals surface area contributed by atoms with Crippen molar-refractivity contribution in [2.24, 2.45) is 0 Å². The summed E-state index contributed by atoms with van der Waals surface area (Å²) in [5, 5.41) is 14.8. The number of benzene rings is 1. The summed E-state index contributed by atoms with van der Waals surface area (Å²) in [4.78, 5) is 46.9. The van der Waals surface area contributed by atoms with E-state index in [4.69, 9.17) is 0 Å². The molecule has 0 amide bonds. The smallest absolute Gasteiger partial charge is 0.354 e. The van der Waals surface area contributed by atoms with E-state index in [-0.39, 0.29) is 28.3 Å². The molecule has 0 radical (unpaired) electrons. The highest BCUT2D eigenvalue weighted by Crippen LogP contribution is 2.26. The highest BCUT2D eigenvalue weighted by atomic mass is 16.5. The summed E-state index contributed by atoms with van der Waals surface area (Å²) in [6, 6.07) is 6.29. The van der Waals surface area contributed by atoms with Crippen molar-refractivity contribution in [3.8, 4) is 6.07 Å². The van der Waals surface area contributed by atoms with Crippen molar-refractivity contribution < 1.29 is 38.1 Å². The van der Waals surface area contributed by atoms with Crippen LogP contribution in [0.1, 0.15) is 5.56 Å². The summed E-state index contributed by atoms with van der Waals surface area (Å²) in [6.45, 7) is 0. The molecule has 1 rings (SSSR count). The van der Waals surface area contributed by atoms with Crippen molar-refractivity contribution in [1.29, 1.82) is 5.26 Å². The monoisotopic (exact) mass is 417 g/mol. The summed E-state index contributed by atoms with van der Waals surface area (Å²) in [7, 11) is 4.47. The lowest BCUT2D eigenvalue weighted by Gasteiger charge is -2.15. The van der Waals surface area contributed by atoms with Gasteiger partial charge in [-0.15, -0.1) is 0 Å². The molecule has 0 spiro atoms. The van der Waals surface area contributed by atoms with Gasteiger partial charge in [0.1, 0.15) is 17.5 Å². The summed E-state index contributed by atoms with van der Waals surface area (Å²) >= 11 is 0. The van der Waals surface area contributed by atoms with Crippen molar-refractivity contribution >= 4 is 35.3 Å². The Morgan fingerprint density at radius 2 is 1.20 bits per heavy atom. The number of methoxy groups -OCH3 is 4. The molecule has 158 valence electrons. The predicted octanol–water partition coefficient (Wildman–Crippen LogP) is 0.842. The number of nitrogens with zero attached hydrogens (tertiary/aromatic N) is 1. The first-order valence-corrected chi connectivity index (χ1v) is 8.14. The van der Waals surface area contributed by atoms with Crippen molar-refractivity contribution in [2.45, 2.75) is 0 Å². The fourth-order valence-corrected chi connectivity index (χ4v) is 2.04. The van der Waals surface area contributed by atoms with E-state index in [2.05, 4.69) is 29.6 Å². The quantitative estimate of drug-likeness (QED) is 0.351. The maximum absolute atomic E-state index is 11.9. The molecule has 11 heteroatoms. The van der Waals surface area contributed by atoms with E-state index in [1.165, 1.54) is 18.2 Å². The Balaban J connectivity index is 3.40. The van der Waals surface area contributed by atoms with Crippen LogP contribution < -0.4 is 10.6 Å². The lowest BCUT2D eigenvalue weighted by atomic mass is 10.1. The van der Waals surface area contributed by atoms with Crippen LogP contribution in [0.15, 0.2) is 41.7 Å². The van der Waals surface area contributed by atoms with Gasteiger partial charge in [0.2, 0.25) is 0 Å². The molecule has 0 heterocycles. The Morgan fingerprint density at radius 3 is 1.50 bits per heavy atom. The highest BCUT2D eigenvalue weighted by molar-refractivity contribution is 6.00. The normalized spacial score (nSPS) is 10.9. The van der Waals surface area contributed by atoms with Gasteiger partial charge in [-0.05, 0) is 12.1 Å². The number of hydrogen-bond donors (Lipinski definition) is 2. The van der Waals surface area contributed by atoms with Crippen molar-refractivity contribution in [3.05, 3.63) is 47.3 Å². The Kier molecular flexibility index (Phi) is 9.09. The summed E-state index contributed by atoms with van der Waals surface area (Å²) < 4.78 is 18.2. The molecule has 0 saturated heterocycles. The molecule has 11 nitrogen and oxygen atoms in total. The maximum Gasteiger partial charge on any atom is 0.354 e. The van der Waals surface area contributed by atoms with E-state index in [1.54, 1.807) is 0 Å². The molecule has 0 aliphatic carbocycles. The molecule has 0 unspecified atom stereocenters. The molecule has 0 aromatic heterocycles. The zero-order chi connectivity index (χ0) is 22.7. The first-order chi connectivity index (χ1) is 14.3. The predicted molar refractivity (Wildman–Crippen MR) is 103 cm³/mol. The topological polar surface area (TPSA) is 153 Å². The van der Waals surface area contributed by atoms with E-state index in [0.29, 0.717) is 0 Å². The van der Waals surface area contributed by atoms with E-state index in [9.17, 15) is 24.4 Å². The average Bonchev–Trinajstić information content (AvgIpc) is 2.76. The third kappa shape index (κ3) is 6.38. The maximum atomic E-state index is 11.9.